The van der Waals surface area contributed by atoms with Gasteiger partial charge in [-0.2, -0.15) is 8.78 Å². The van der Waals surface area contributed by atoms with Gasteiger partial charge in [0, 0.05) is 6.20 Å². The lowest BCUT2D eigenvalue weighted by atomic mass is 10.1. The Morgan fingerprint density at radius 1 is 1.64 bits per heavy atom. The second kappa shape index (κ2) is 3.69. The van der Waals surface area contributed by atoms with Crippen LogP contribution < -0.4 is 0 Å². The van der Waals surface area contributed by atoms with E-state index < -0.39 is 24.0 Å². The van der Waals surface area contributed by atoms with Crippen LogP contribution in [0.15, 0.2) is 18.3 Å². The summed E-state index contributed by atoms with van der Waals surface area (Å²) in [5.74, 6) is -4.95. The number of hydrogen-bond donors (Lipinski definition) is 1. The van der Waals surface area contributed by atoms with Gasteiger partial charge in [-0.05, 0) is 24.6 Å². The zero-order valence-corrected chi connectivity index (χ0v) is 7.50. The fraction of sp³-hybridized carbons (Fsp3) is 0.333. The molecule has 0 atom stereocenters. The lowest BCUT2D eigenvalue weighted by Crippen LogP contribution is -2.19. The van der Waals surface area contributed by atoms with Gasteiger partial charge in [0.05, 0.1) is 0 Å². The zero-order valence-electron chi connectivity index (χ0n) is 7.50. The highest BCUT2D eigenvalue weighted by Gasteiger charge is 2.36. The Kier molecular flexibility index (Phi) is 2.78. The van der Waals surface area contributed by atoms with E-state index >= 15 is 0 Å². The fourth-order valence-electron chi connectivity index (χ4n) is 1.02. The topological polar surface area (TPSA) is 50.2 Å². The van der Waals surface area contributed by atoms with Crippen molar-refractivity contribution >= 4 is 5.97 Å². The molecule has 1 heterocycles. The van der Waals surface area contributed by atoms with Gasteiger partial charge < -0.3 is 5.11 Å². The molecule has 0 unspecified atom stereocenters. The third kappa shape index (κ3) is 2.48. The Balaban J connectivity index is 2.97. The van der Waals surface area contributed by atoms with Gasteiger partial charge >= 0.3 is 5.97 Å². The first-order valence-corrected chi connectivity index (χ1v) is 3.94. The summed E-state index contributed by atoms with van der Waals surface area (Å²) in [7, 11) is 0. The highest BCUT2D eigenvalue weighted by atomic mass is 19.3. The maximum absolute atomic E-state index is 13.1. The molecular formula is C9H9F2NO2. The summed E-state index contributed by atoms with van der Waals surface area (Å²) in [6, 6.07) is 2.75. The smallest absolute Gasteiger partial charge is 0.309 e. The molecule has 0 bridgehead atoms. The molecule has 0 aromatic carbocycles. The van der Waals surface area contributed by atoms with Crippen molar-refractivity contribution in [2.24, 2.45) is 0 Å². The summed E-state index contributed by atoms with van der Waals surface area (Å²) >= 11 is 0. The number of halogens is 2. The van der Waals surface area contributed by atoms with E-state index in [4.69, 9.17) is 5.11 Å². The van der Waals surface area contributed by atoms with Crippen molar-refractivity contribution in [3.05, 3.63) is 29.6 Å². The monoisotopic (exact) mass is 201 g/mol. The van der Waals surface area contributed by atoms with Crippen LogP contribution in [0.4, 0.5) is 8.78 Å². The Labute approximate surface area is 79.4 Å². The Morgan fingerprint density at radius 3 is 2.79 bits per heavy atom. The molecule has 0 saturated heterocycles. The van der Waals surface area contributed by atoms with Crippen molar-refractivity contribution in [3.8, 4) is 0 Å². The standard InChI is InChI=1S/C9H9F2NO2/c1-6-2-3-12-7(4-6)9(10,11)5-8(13)14/h2-4H,5H2,1H3,(H,13,14). The minimum Gasteiger partial charge on any atom is -0.481 e. The molecule has 76 valence electrons. The second-order valence-electron chi connectivity index (χ2n) is 2.99. The lowest BCUT2D eigenvalue weighted by Gasteiger charge is -2.13. The molecule has 0 spiro atoms. The lowest BCUT2D eigenvalue weighted by molar-refractivity contribution is -0.145. The number of aryl methyl sites for hydroxylation is 1. The van der Waals surface area contributed by atoms with E-state index in [9.17, 15) is 13.6 Å². The van der Waals surface area contributed by atoms with Gasteiger partial charge in [0.2, 0.25) is 0 Å². The van der Waals surface area contributed by atoms with Gasteiger partial charge in [0.15, 0.2) is 0 Å². The Bertz CT molecular complexity index is 352. The first-order chi connectivity index (χ1) is 6.42. The quantitative estimate of drug-likeness (QED) is 0.813. The first kappa shape index (κ1) is 10.6. The Morgan fingerprint density at radius 2 is 2.29 bits per heavy atom. The molecule has 1 aromatic rings. The summed E-state index contributed by atoms with van der Waals surface area (Å²) < 4.78 is 26.3. The van der Waals surface area contributed by atoms with Crippen LogP contribution >= 0.6 is 0 Å². The molecule has 1 aromatic heterocycles. The van der Waals surface area contributed by atoms with Crippen molar-refractivity contribution in [1.29, 1.82) is 0 Å². The second-order valence-corrected chi connectivity index (χ2v) is 2.99. The van der Waals surface area contributed by atoms with Gasteiger partial charge in [-0.15, -0.1) is 0 Å². The first-order valence-electron chi connectivity index (χ1n) is 3.94. The molecule has 14 heavy (non-hydrogen) atoms. The highest BCUT2D eigenvalue weighted by Crippen LogP contribution is 2.30. The summed E-state index contributed by atoms with van der Waals surface area (Å²) in [5.41, 5.74) is 0.125. The maximum Gasteiger partial charge on any atom is 0.309 e. The van der Waals surface area contributed by atoms with Crippen molar-refractivity contribution in [2.45, 2.75) is 19.3 Å². The van der Waals surface area contributed by atoms with Gasteiger partial charge in [0.1, 0.15) is 12.1 Å². The SMILES string of the molecule is Cc1ccnc(C(F)(F)CC(=O)O)c1. The molecule has 3 nitrogen and oxygen atoms in total. The largest absolute Gasteiger partial charge is 0.481 e. The molecule has 5 heteroatoms. The van der Waals surface area contributed by atoms with Crippen molar-refractivity contribution in [3.63, 3.8) is 0 Å². The van der Waals surface area contributed by atoms with E-state index in [1.54, 1.807) is 13.0 Å². The van der Waals surface area contributed by atoms with Gasteiger partial charge in [0.25, 0.3) is 5.92 Å². The van der Waals surface area contributed by atoms with E-state index in [-0.39, 0.29) is 0 Å². The fourth-order valence-corrected chi connectivity index (χ4v) is 1.02. The predicted octanol–water partition coefficient (Wildman–Crippen LogP) is 1.96. The third-order valence-electron chi connectivity index (χ3n) is 1.66. The van der Waals surface area contributed by atoms with Crippen molar-refractivity contribution < 1.29 is 18.7 Å². The molecular weight excluding hydrogens is 192 g/mol. The number of nitrogens with zero attached hydrogens (tertiary/aromatic N) is 1. The minimum atomic E-state index is -3.40. The molecule has 0 fully saturated rings. The number of rotatable bonds is 3. The van der Waals surface area contributed by atoms with E-state index in [0.29, 0.717) is 5.56 Å². The van der Waals surface area contributed by atoms with E-state index in [0.717, 1.165) is 0 Å². The number of aromatic nitrogens is 1. The number of carboxylic acids is 1. The minimum absolute atomic E-state index is 0.500. The van der Waals surface area contributed by atoms with Crippen LogP contribution in [0.2, 0.25) is 0 Å². The number of carboxylic acid groups (broad SMARTS) is 1. The van der Waals surface area contributed by atoms with Crippen molar-refractivity contribution in [1.82, 2.24) is 4.98 Å². The summed E-state index contributed by atoms with van der Waals surface area (Å²) in [6.45, 7) is 1.64. The molecule has 1 rings (SSSR count). The van der Waals surface area contributed by atoms with E-state index in [2.05, 4.69) is 4.98 Å². The molecule has 0 radical (unpaired) electrons. The summed E-state index contributed by atoms with van der Waals surface area (Å²) in [5, 5.41) is 8.27. The van der Waals surface area contributed by atoms with E-state index in [1.165, 1.54) is 12.3 Å². The molecule has 0 aliphatic rings. The Hall–Kier alpha value is -1.52. The van der Waals surface area contributed by atoms with Gasteiger partial charge in [-0.1, -0.05) is 0 Å². The molecule has 0 amide bonds. The van der Waals surface area contributed by atoms with Gasteiger partial charge in [-0.25, -0.2) is 0 Å². The molecule has 1 N–H and O–H groups in total. The van der Waals surface area contributed by atoms with Crippen LogP contribution in [0.1, 0.15) is 17.7 Å². The van der Waals surface area contributed by atoms with Crippen LogP contribution in [0, 0.1) is 6.92 Å². The van der Waals surface area contributed by atoms with Gasteiger partial charge in [-0.3, -0.25) is 9.78 Å². The molecule has 0 saturated carbocycles. The number of alkyl halides is 2. The highest BCUT2D eigenvalue weighted by molar-refractivity contribution is 5.68. The van der Waals surface area contributed by atoms with Crippen LogP contribution in [-0.4, -0.2) is 16.1 Å². The summed E-state index contributed by atoms with van der Waals surface area (Å²) in [4.78, 5) is 13.6. The number of hydrogen-bond acceptors (Lipinski definition) is 2. The zero-order chi connectivity index (χ0) is 10.8. The molecule has 0 aliphatic heterocycles. The number of aliphatic carboxylic acids is 1. The predicted molar refractivity (Wildman–Crippen MR) is 45.1 cm³/mol. The summed E-state index contributed by atoms with van der Waals surface area (Å²) in [6.07, 6.45) is 0.00385. The average molecular weight is 201 g/mol. The maximum atomic E-state index is 13.1. The van der Waals surface area contributed by atoms with Crippen LogP contribution in [0.3, 0.4) is 0 Å². The normalized spacial score (nSPS) is 11.4. The number of pyridine rings is 1. The third-order valence-corrected chi connectivity index (χ3v) is 1.66. The number of carbonyl (C=O) groups is 1. The molecule has 0 aliphatic carbocycles. The van der Waals surface area contributed by atoms with Crippen LogP contribution in [0.25, 0.3) is 0 Å². The van der Waals surface area contributed by atoms with Crippen molar-refractivity contribution in [2.75, 3.05) is 0 Å². The van der Waals surface area contributed by atoms with Crippen LogP contribution in [0.5, 0.6) is 0 Å². The van der Waals surface area contributed by atoms with E-state index in [1.807, 2.05) is 0 Å². The average Bonchev–Trinajstić information content (AvgIpc) is 2.01. The van der Waals surface area contributed by atoms with Crippen LogP contribution in [-0.2, 0) is 10.7 Å².